The van der Waals surface area contributed by atoms with Gasteiger partial charge in [-0.1, -0.05) is 29.8 Å². The maximum Gasteiger partial charge on any atom is 0.319 e. The van der Waals surface area contributed by atoms with Crippen LogP contribution in [0.3, 0.4) is 0 Å². The molecule has 190 valence electrons. The minimum Gasteiger partial charge on any atom is -0.377 e. The number of sulfonamides is 1. The Hall–Kier alpha value is -3.44. The van der Waals surface area contributed by atoms with E-state index in [1.54, 1.807) is 25.1 Å². The van der Waals surface area contributed by atoms with Crippen molar-refractivity contribution in [1.82, 2.24) is 5.32 Å². The van der Waals surface area contributed by atoms with Crippen LogP contribution >= 0.6 is 11.6 Å². The van der Waals surface area contributed by atoms with Crippen molar-refractivity contribution < 1.29 is 17.6 Å². The van der Waals surface area contributed by atoms with Crippen LogP contribution in [0, 0.1) is 12.7 Å². The van der Waals surface area contributed by atoms with Crippen LogP contribution in [-0.2, 0) is 10.0 Å². The summed E-state index contributed by atoms with van der Waals surface area (Å²) in [5, 5.41) is 8.35. The number of benzene rings is 2. The molecule has 9 nitrogen and oxygen atoms in total. The van der Waals surface area contributed by atoms with Crippen molar-refractivity contribution in [3.8, 4) is 0 Å². The van der Waals surface area contributed by atoms with E-state index >= 15 is 0 Å². The predicted octanol–water partition coefficient (Wildman–Crippen LogP) is 3.73. The predicted molar refractivity (Wildman–Crippen MR) is 137 cm³/mol. The van der Waals surface area contributed by atoms with Crippen molar-refractivity contribution >= 4 is 44.7 Å². The quantitative estimate of drug-likeness (QED) is 0.341. The summed E-state index contributed by atoms with van der Waals surface area (Å²) in [4.78, 5) is 36.6. The lowest BCUT2D eigenvalue weighted by atomic mass is 9.91. The fraction of sp³-hybridized carbons (Fsp3) is 0.292. The molecule has 0 aromatic heterocycles. The van der Waals surface area contributed by atoms with Gasteiger partial charge in [0.25, 0.3) is 20.9 Å². The standard InChI is InChI=1S/C24H24ClFN4O5S/c1-13-4-2-3-5-19(13)36(34,35)30-21-20(22(31)23(21)32)27-14-6-8-15(9-7-14)28-24(33)29-16-10-11-18(26)17(25)12-16/h2-5,10-12,14-15,27,30H,6-9H2,1H3,(H2,28,29,33). The van der Waals surface area contributed by atoms with Crippen LogP contribution in [0.1, 0.15) is 31.2 Å². The van der Waals surface area contributed by atoms with E-state index in [9.17, 15) is 27.2 Å². The lowest BCUT2D eigenvalue weighted by molar-refractivity contribution is 0.243. The number of nitrogens with one attached hydrogen (secondary N) is 4. The van der Waals surface area contributed by atoms with Crippen molar-refractivity contribution in [2.75, 3.05) is 15.4 Å². The Balaban J connectivity index is 1.33. The van der Waals surface area contributed by atoms with Crippen LogP contribution in [0.5, 0.6) is 0 Å². The number of halogens is 2. The lowest BCUT2D eigenvalue weighted by Gasteiger charge is -2.31. The number of carbonyl (C=O) groups is 1. The van der Waals surface area contributed by atoms with Gasteiger partial charge in [0.1, 0.15) is 17.2 Å². The number of carbonyl (C=O) groups excluding carboxylic acids is 1. The van der Waals surface area contributed by atoms with Gasteiger partial charge in [-0.05, 0) is 62.4 Å². The summed E-state index contributed by atoms with van der Waals surface area (Å²) >= 11 is 5.73. The summed E-state index contributed by atoms with van der Waals surface area (Å²) in [6, 6.07) is 9.44. The number of amides is 2. The highest BCUT2D eigenvalue weighted by molar-refractivity contribution is 7.92. The van der Waals surface area contributed by atoms with E-state index in [1.165, 1.54) is 18.2 Å². The largest absolute Gasteiger partial charge is 0.377 e. The summed E-state index contributed by atoms with van der Waals surface area (Å²) < 4.78 is 41.0. The first kappa shape index (κ1) is 25.6. The molecule has 1 aliphatic rings. The summed E-state index contributed by atoms with van der Waals surface area (Å²) in [5.41, 5.74) is -1.09. The van der Waals surface area contributed by atoms with Gasteiger partial charge in [0.15, 0.2) is 0 Å². The second kappa shape index (κ2) is 10.3. The molecule has 4 N–H and O–H groups in total. The van der Waals surface area contributed by atoms with Gasteiger partial charge in [-0.3, -0.25) is 14.3 Å². The van der Waals surface area contributed by atoms with Crippen molar-refractivity contribution in [3.05, 3.63) is 79.3 Å². The van der Waals surface area contributed by atoms with Gasteiger partial charge in [0.05, 0.1) is 9.92 Å². The highest BCUT2D eigenvalue weighted by Crippen LogP contribution is 2.27. The summed E-state index contributed by atoms with van der Waals surface area (Å²) in [7, 11) is -4.04. The van der Waals surface area contributed by atoms with E-state index in [1.807, 2.05) is 0 Å². The van der Waals surface area contributed by atoms with E-state index in [0.29, 0.717) is 36.9 Å². The molecular formula is C24H24ClFN4O5S. The van der Waals surface area contributed by atoms with Crippen LogP contribution < -0.4 is 31.5 Å². The Morgan fingerprint density at radius 1 is 0.972 bits per heavy atom. The molecule has 36 heavy (non-hydrogen) atoms. The van der Waals surface area contributed by atoms with E-state index < -0.39 is 32.7 Å². The number of rotatable bonds is 7. The Morgan fingerprint density at radius 2 is 1.61 bits per heavy atom. The topological polar surface area (TPSA) is 133 Å². The molecule has 0 spiro atoms. The molecule has 0 heterocycles. The van der Waals surface area contributed by atoms with Gasteiger partial charge in [-0.2, -0.15) is 0 Å². The second-order valence-electron chi connectivity index (χ2n) is 8.70. The van der Waals surface area contributed by atoms with Gasteiger partial charge in [-0.15, -0.1) is 0 Å². The first-order valence-electron chi connectivity index (χ1n) is 11.3. The summed E-state index contributed by atoms with van der Waals surface area (Å²) in [5.74, 6) is -0.582. The Kier molecular flexibility index (Phi) is 7.32. The third-order valence-electron chi connectivity index (χ3n) is 6.12. The SMILES string of the molecule is Cc1ccccc1S(=O)(=O)Nc1c(NC2CCC(NC(=O)Nc3ccc(F)c(Cl)c3)CC2)c(=O)c1=O. The minimum atomic E-state index is -4.04. The summed E-state index contributed by atoms with van der Waals surface area (Å²) in [6.45, 7) is 1.64. The maximum atomic E-state index is 13.3. The molecule has 0 aliphatic heterocycles. The molecule has 1 saturated carbocycles. The lowest BCUT2D eigenvalue weighted by Crippen LogP contribution is -2.44. The van der Waals surface area contributed by atoms with E-state index in [-0.39, 0.29) is 33.4 Å². The van der Waals surface area contributed by atoms with Gasteiger partial charge >= 0.3 is 6.03 Å². The normalized spacial score (nSPS) is 18.0. The van der Waals surface area contributed by atoms with Gasteiger partial charge in [0, 0.05) is 17.8 Å². The van der Waals surface area contributed by atoms with Crippen molar-refractivity contribution in [1.29, 1.82) is 0 Å². The number of aryl methyl sites for hydroxylation is 1. The van der Waals surface area contributed by atoms with Crippen LogP contribution in [0.2, 0.25) is 5.02 Å². The Bertz CT molecular complexity index is 1480. The summed E-state index contributed by atoms with van der Waals surface area (Å²) in [6.07, 6.45) is 2.34. The molecule has 0 atom stereocenters. The molecule has 0 radical (unpaired) electrons. The fourth-order valence-electron chi connectivity index (χ4n) is 4.19. The molecular weight excluding hydrogens is 511 g/mol. The highest BCUT2D eigenvalue weighted by atomic mass is 35.5. The molecule has 3 aromatic carbocycles. The average molecular weight is 535 g/mol. The molecule has 1 aliphatic carbocycles. The zero-order chi connectivity index (χ0) is 26.0. The van der Waals surface area contributed by atoms with Gasteiger partial charge < -0.3 is 16.0 Å². The van der Waals surface area contributed by atoms with Crippen molar-refractivity contribution in [3.63, 3.8) is 0 Å². The number of hydrogen-bond donors (Lipinski definition) is 4. The molecule has 0 saturated heterocycles. The minimum absolute atomic E-state index is 0.0248. The third kappa shape index (κ3) is 5.52. The smallest absolute Gasteiger partial charge is 0.319 e. The number of urea groups is 1. The fourth-order valence-corrected chi connectivity index (χ4v) is 5.69. The van der Waals surface area contributed by atoms with Crippen LogP contribution in [-0.4, -0.2) is 26.5 Å². The van der Waals surface area contributed by atoms with Gasteiger partial charge in [0.2, 0.25) is 0 Å². The van der Waals surface area contributed by atoms with E-state index in [4.69, 9.17) is 11.6 Å². The molecule has 12 heteroatoms. The van der Waals surface area contributed by atoms with Crippen LogP contribution in [0.15, 0.2) is 56.9 Å². The van der Waals surface area contributed by atoms with Crippen LogP contribution in [0.25, 0.3) is 0 Å². The number of anilines is 3. The van der Waals surface area contributed by atoms with Crippen molar-refractivity contribution in [2.24, 2.45) is 0 Å². The molecule has 0 unspecified atom stereocenters. The molecule has 2 amide bonds. The van der Waals surface area contributed by atoms with Gasteiger partial charge in [-0.25, -0.2) is 17.6 Å². The second-order valence-corrected chi connectivity index (χ2v) is 10.8. The average Bonchev–Trinajstić information content (AvgIpc) is 2.84. The van der Waals surface area contributed by atoms with E-state index in [2.05, 4.69) is 20.7 Å². The molecule has 1 fully saturated rings. The first-order valence-corrected chi connectivity index (χ1v) is 13.1. The van der Waals surface area contributed by atoms with E-state index in [0.717, 1.165) is 6.07 Å². The zero-order valence-electron chi connectivity index (χ0n) is 19.2. The monoisotopic (exact) mass is 534 g/mol. The molecule has 3 aromatic rings. The molecule has 4 rings (SSSR count). The maximum absolute atomic E-state index is 13.3. The molecule has 0 bridgehead atoms. The Labute approximate surface area is 211 Å². The zero-order valence-corrected chi connectivity index (χ0v) is 20.8. The Morgan fingerprint density at radius 3 is 2.28 bits per heavy atom. The van der Waals surface area contributed by atoms with Crippen LogP contribution in [0.4, 0.5) is 26.2 Å². The van der Waals surface area contributed by atoms with Crippen molar-refractivity contribution in [2.45, 2.75) is 49.6 Å². The first-order chi connectivity index (χ1) is 17.0. The highest BCUT2D eigenvalue weighted by Gasteiger charge is 2.30. The number of hydrogen-bond acceptors (Lipinski definition) is 6. The third-order valence-corrected chi connectivity index (χ3v) is 7.92.